The van der Waals surface area contributed by atoms with Crippen LogP contribution in [0.1, 0.15) is 18.1 Å². The number of rotatable bonds is 4. The lowest BCUT2D eigenvalue weighted by Gasteiger charge is -2.09. The number of halogens is 2. The molecule has 2 rings (SSSR count). The molecule has 22 heavy (non-hydrogen) atoms. The third kappa shape index (κ3) is 3.62. The summed E-state index contributed by atoms with van der Waals surface area (Å²) in [6.45, 7) is 2.27. The van der Waals surface area contributed by atoms with Crippen LogP contribution >= 0.6 is 27.5 Å². The number of nitriles is 1. The molecule has 1 N–H and O–H groups in total. The molecule has 0 heterocycles. The molecule has 2 aromatic rings. The van der Waals surface area contributed by atoms with Gasteiger partial charge in [-0.05, 0) is 36.8 Å². The topological polar surface area (TPSA) is 53.2 Å². The average molecular weight is 379 g/mol. The molecule has 0 atom stereocenters. The molecule has 0 aliphatic heterocycles. The molecule has 0 spiro atoms. The smallest absolute Gasteiger partial charge is 0.161 e. The van der Waals surface area contributed by atoms with E-state index in [4.69, 9.17) is 16.3 Å². The van der Waals surface area contributed by atoms with Gasteiger partial charge in [0.1, 0.15) is 0 Å². The van der Waals surface area contributed by atoms with Gasteiger partial charge in [0.25, 0.3) is 0 Å². The first kappa shape index (κ1) is 16.4. The van der Waals surface area contributed by atoms with E-state index in [0.29, 0.717) is 33.0 Å². The Bertz CT molecular complexity index is 766. The zero-order valence-electron chi connectivity index (χ0n) is 11.8. The second-order valence-electron chi connectivity index (χ2n) is 4.42. The van der Waals surface area contributed by atoms with Crippen LogP contribution in [0.5, 0.6) is 11.5 Å². The third-order valence-electron chi connectivity index (χ3n) is 2.96. The molecule has 3 nitrogen and oxygen atoms in total. The molecule has 5 heteroatoms. The Hall–Kier alpha value is -1.96. The first-order valence-corrected chi connectivity index (χ1v) is 7.76. The SMILES string of the molecule is CCOc1cc(C=C(C#N)c2ccccc2Cl)c(Br)cc1O. The van der Waals surface area contributed by atoms with Gasteiger partial charge in [0.15, 0.2) is 11.5 Å². The van der Waals surface area contributed by atoms with Crippen molar-refractivity contribution in [3.8, 4) is 17.6 Å². The summed E-state index contributed by atoms with van der Waals surface area (Å²) in [7, 11) is 0. The molecule has 0 amide bonds. The molecule has 0 saturated heterocycles. The standard InChI is InChI=1S/C17H13BrClNO2/c1-2-22-17-8-11(14(18)9-16(17)21)7-12(10-20)13-5-3-4-6-15(13)19/h3-9,21H,2H2,1H3. The maximum atomic E-state index is 9.84. The predicted octanol–water partition coefficient (Wildman–Crippen LogP) is 5.27. The van der Waals surface area contributed by atoms with Gasteiger partial charge < -0.3 is 9.84 Å². The zero-order valence-corrected chi connectivity index (χ0v) is 14.1. The van der Waals surface area contributed by atoms with Crippen LogP contribution in [-0.2, 0) is 0 Å². The van der Waals surface area contributed by atoms with E-state index >= 15 is 0 Å². The van der Waals surface area contributed by atoms with Crippen LogP contribution in [0.4, 0.5) is 0 Å². The van der Waals surface area contributed by atoms with Crippen LogP contribution in [0, 0.1) is 11.3 Å². The van der Waals surface area contributed by atoms with Gasteiger partial charge in [0.05, 0.1) is 18.2 Å². The van der Waals surface area contributed by atoms with Gasteiger partial charge in [-0.25, -0.2) is 0 Å². The van der Waals surface area contributed by atoms with Gasteiger partial charge >= 0.3 is 0 Å². The van der Waals surface area contributed by atoms with E-state index in [2.05, 4.69) is 22.0 Å². The van der Waals surface area contributed by atoms with Gasteiger partial charge in [-0.15, -0.1) is 0 Å². The number of phenolic OH excluding ortho intramolecular Hbond substituents is 1. The average Bonchev–Trinajstić information content (AvgIpc) is 2.50. The van der Waals surface area contributed by atoms with E-state index in [1.165, 1.54) is 0 Å². The molecule has 0 bridgehead atoms. The Morgan fingerprint density at radius 3 is 2.77 bits per heavy atom. The number of phenols is 1. The van der Waals surface area contributed by atoms with Crippen LogP contribution in [0.2, 0.25) is 5.02 Å². The molecule has 0 saturated carbocycles. The molecule has 0 unspecified atom stereocenters. The van der Waals surface area contributed by atoms with E-state index in [1.807, 2.05) is 19.1 Å². The van der Waals surface area contributed by atoms with E-state index in [-0.39, 0.29) is 5.75 Å². The Labute approximate surface area is 142 Å². The van der Waals surface area contributed by atoms with Crippen LogP contribution < -0.4 is 4.74 Å². The Kier molecular flexibility index (Phi) is 5.48. The minimum atomic E-state index is 0.0436. The van der Waals surface area contributed by atoms with Crippen molar-refractivity contribution in [1.82, 2.24) is 0 Å². The maximum Gasteiger partial charge on any atom is 0.161 e. The highest BCUT2D eigenvalue weighted by atomic mass is 79.9. The summed E-state index contributed by atoms with van der Waals surface area (Å²) in [5, 5.41) is 19.8. The quantitative estimate of drug-likeness (QED) is 0.582. The number of benzene rings is 2. The second kappa shape index (κ2) is 7.35. The normalized spacial score (nSPS) is 11.1. The van der Waals surface area contributed by atoms with E-state index in [1.54, 1.807) is 30.3 Å². The highest BCUT2D eigenvalue weighted by Gasteiger charge is 2.10. The van der Waals surface area contributed by atoms with Gasteiger partial charge in [0, 0.05) is 15.1 Å². The third-order valence-corrected chi connectivity index (χ3v) is 3.98. The summed E-state index contributed by atoms with van der Waals surface area (Å²) in [5.41, 5.74) is 1.81. The maximum absolute atomic E-state index is 9.84. The molecule has 0 radical (unpaired) electrons. The van der Waals surface area contributed by atoms with Crippen molar-refractivity contribution in [2.75, 3.05) is 6.61 Å². The lowest BCUT2D eigenvalue weighted by Crippen LogP contribution is -1.93. The molecular formula is C17H13BrClNO2. The Morgan fingerprint density at radius 2 is 2.14 bits per heavy atom. The van der Waals surface area contributed by atoms with Gasteiger partial charge in [-0.2, -0.15) is 5.26 Å². The molecule has 0 aromatic heterocycles. The first-order valence-electron chi connectivity index (χ1n) is 6.58. The lowest BCUT2D eigenvalue weighted by molar-refractivity contribution is 0.318. The summed E-state index contributed by atoms with van der Waals surface area (Å²) in [6.07, 6.45) is 1.70. The zero-order chi connectivity index (χ0) is 16.1. The van der Waals surface area contributed by atoms with Crippen molar-refractivity contribution < 1.29 is 9.84 Å². The van der Waals surface area contributed by atoms with E-state index in [9.17, 15) is 10.4 Å². The number of ether oxygens (including phenoxy) is 1. The van der Waals surface area contributed by atoms with Crippen LogP contribution in [-0.4, -0.2) is 11.7 Å². The number of aromatic hydroxyl groups is 1. The first-order chi connectivity index (χ1) is 10.6. The molecule has 112 valence electrons. The van der Waals surface area contributed by atoms with Crippen molar-refractivity contribution in [3.05, 3.63) is 57.0 Å². The van der Waals surface area contributed by atoms with Crippen molar-refractivity contribution >= 4 is 39.2 Å². The van der Waals surface area contributed by atoms with Crippen LogP contribution in [0.25, 0.3) is 11.6 Å². The van der Waals surface area contributed by atoms with Crippen LogP contribution in [0.15, 0.2) is 40.9 Å². The van der Waals surface area contributed by atoms with Crippen LogP contribution in [0.3, 0.4) is 0 Å². The number of hydrogen-bond donors (Lipinski definition) is 1. The summed E-state index contributed by atoms with van der Waals surface area (Å²) in [5.74, 6) is 0.413. The molecule has 0 aliphatic rings. The van der Waals surface area contributed by atoms with Crippen molar-refractivity contribution in [1.29, 1.82) is 5.26 Å². The predicted molar refractivity (Wildman–Crippen MR) is 91.9 cm³/mol. The number of nitrogens with zero attached hydrogens (tertiary/aromatic N) is 1. The number of allylic oxidation sites excluding steroid dienone is 1. The molecular weight excluding hydrogens is 366 g/mol. The summed E-state index contributed by atoms with van der Waals surface area (Å²) in [4.78, 5) is 0. The molecule has 0 aliphatic carbocycles. The highest BCUT2D eigenvalue weighted by Crippen LogP contribution is 2.35. The van der Waals surface area contributed by atoms with Crippen molar-refractivity contribution in [2.45, 2.75) is 6.92 Å². The lowest BCUT2D eigenvalue weighted by atomic mass is 10.0. The van der Waals surface area contributed by atoms with Gasteiger partial charge in [-0.3, -0.25) is 0 Å². The fourth-order valence-electron chi connectivity index (χ4n) is 1.95. The summed E-state index contributed by atoms with van der Waals surface area (Å²) < 4.78 is 6.03. The largest absolute Gasteiger partial charge is 0.504 e. The Morgan fingerprint density at radius 1 is 1.41 bits per heavy atom. The van der Waals surface area contributed by atoms with Crippen molar-refractivity contribution in [2.24, 2.45) is 0 Å². The summed E-state index contributed by atoms with van der Waals surface area (Å²) >= 11 is 9.52. The fraction of sp³-hybridized carbons (Fsp3) is 0.118. The monoisotopic (exact) mass is 377 g/mol. The van der Waals surface area contributed by atoms with E-state index < -0.39 is 0 Å². The minimum Gasteiger partial charge on any atom is -0.504 e. The van der Waals surface area contributed by atoms with E-state index in [0.717, 1.165) is 5.56 Å². The molecule has 0 fully saturated rings. The van der Waals surface area contributed by atoms with Crippen molar-refractivity contribution in [3.63, 3.8) is 0 Å². The number of hydrogen-bond acceptors (Lipinski definition) is 3. The highest BCUT2D eigenvalue weighted by molar-refractivity contribution is 9.10. The van der Waals surface area contributed by atoms with Gasteiger partial charge in [-0.1, -0.05) is 45.7 Å². The summed E-state index contributed by atoms with van der Waals surface area (Å²) in [6, 6.07) is 12.5. The fourth-order valence-corrected chi connectivity index (χ4v) is 2.63. The molecule has 2 aromatic carbocycles. The second-order valence-corrected chi connectivity index (χ2v) is 5.69. The van der Waals surface area contributed by atoms with Gasteiger partial charge in [0.2, 0.25) is 0 Å². The minimum absolute atomic E-state index is 0.0436. The Balaban J connectivity index is 2.53.